The molecule has 3 aromatic rings. The highest BCUT2D eigenvalue weighted by atomic mass is 32.2. The maximum absolute atomic E-state index is 13.6. The lowest BCUT2D eigenvalue weighted by molar-refractivity contribution is 0.291. The van der Waals surface area contributed by atoms with Crippen LogP contribution in [0.5, 0.6) is 0 Å². The van der Waals surface area contributed by atoms with Gasteiger partial charge in [-0.3, -0.25) is 0 Å². The predicted octanol–water partition coefficient (Wildman–Crippen LogP) is 5.15. The van der Waals surface area contributed by atoms with Gasteiger partial charge in [-0.1, -0.05) is 78.4 Å². The van der Waals surface area contributed by atoms with E-state index >= 15 is 0 Å². The Kier molecular flexibility index (Phi) is 4.88. The molecule has 1 heterocycles. The van der Waals surface area contributed by atoms with E-state index in [2.05, 4.69) is 24.3 Å². The summed E-state index contributed by atoms with van der Waals surface area (Å²) in [6.45, 7) is 6.45. The Hall–Kier alpha value is -2.43. The van der Waals surface area contributed by atoms with Gasteiger partial charge in [0, 0.05) is 17.5 Å². The molecule has 0 amide bonds. The lowest BCUT2D eigenvalue weighted by Gasteiger charge is -2.31. The molecule has 0 saturated carbocycles. The Morgan fingerprint density at radius 3 is 1.72 bits per heavy atom. The molecule has 0 aromatic heterocycles. The third kappa shape index (κ3) is 3.41. The second kappa shape index (κ2) is 7.12. The minimum absolute atomic E-state index is 0.355. The lowest BCUT2D eigenvalue weighted by atomic mass is 9.71. The van der Waals surface area contributed by atoms with Crippen molar-refractivity contribution in [2.75, 3.05) is 6.54 Å². The predicted molar refractivity (Wildman–Crippen MR) is 117 cm³/mol. The molecular weight excluding hydrogens is 378 g/mol. The van der Waals surface area contributed by atoms with Crippen LogP contribution in [-0.2, 0) is 15.4 Å². The van der Waals surface area contributed by atoms with Crippen molar-refractivity contribution >= 4 is 10.0 Å². The molecule has 3 aromatic carbocycles. The second-order valence-electron chi connectivity index (χ2n) is 8.63. The summed E-state index contributed by atoms with van der Waals surface area (Å²) in [4.78, 5) is 0.355. The largest absolute Gasteiger partial charge is 0.243 e. The average molecular weight is 406 g/mol. The van der Waals surface area contributed by atoms with E-state index < -0.39 is 15.6 Å². The summed E-state index contributed by atoms with van der Waals surface area (Å²) in [6, 6.07) is 27.7. The molecule has 4 heteroatoms. The Labute approximate surface area is 174 Å². The van der Waals surface area contributed by atoms with Crippen LogP contribution in [0.3, 0.4) is 0 Å². The summed E-state index contributed by atoms with van der Waals surface area (Å²) in [7, 11) is -3.62. The summed E-state index contributed by atoms with van der Waals surface area (Å²) < 4.78 is 29.0. The summed E-state index contributed by atoms with van der Waals surface area (Å²) >= 11 is 0. The van der Waals surface area contributed by atoms with Crippen molar-refractivity contribution in [1.29, 1.82) is 0 Å². The molecule has 0 unspecified atom stereocenters. The highest BCUT2D eigenvalue weighted by Gasteiger charge is 2.54. The van der Waals surface area contributed by atoms with Gasteiger partial charge in [0.15, 0.2) is 0 Å². The van der Waals surface area contributed by atoms with Crippen molar-refractivity contribution in [2.24, 2.45) is 0 Å². The van der Waals surface area contributed by atoms with E-state index in [1.807, 2.05) is 69.3 Å². The molecule has 0 aliphatic carbocycles. The van der Waals surface area contributed by atoms with Crippen molar-refractivity contribution < 1.29 is 8.42 Å². The van der Waals surface area contributed by atoms with Gasteiger partial charge in [0.2, 0.25) is 10.0 Å². The van der Waals surface area contributed by atoms with Gasteiger partial charge in [0.05, 0.1) is 4.90 Å². The van der Waals surface area contributed by atoms with Gasteiger partial charge in [0.1, 0.15) is 0 Å². The van der Waals surface area contributed by atoms with E-state index in [0.29, 0.717) is 11.4 Å². The highest BCUT2D eigenvalue weighted by molar-refractivity contribution is 7.89. The van der Waals surface area contributed by atoms with Gasteiger partial charge in [-0.2, -0.15) is 4.31 Å². The topological polar surface area (TPSA) is 37.4 Å². The average Bonchev–Trinajstić information content (AvgIpc) is 3.03. The first-order valence-electron chi connectivity index (χ1n) is 9.96. The molecular formula is C25H27NO2S. The monoisotopic (exact) mass is 405 g/mol. The van der Waals surface area contributed by atoms with Crippen molar-refractivity contribution in [3.8, 4) is 0 Å². The van der Waals surface area contributed by atoms with Crippen LogP contribution in [0.4, 0.5) is 0 Å². The molecule has 3 nitrogen and oxygen atoms in total. The molecule has 0 spiro atoms. The van der Waals surface area contributed by atoms with Crippen LogP contribution in [0.1, 0.15) is 37.0 Å². The SMILES string of the molecule is Cc1ccc(S(=O)(=O)N2CC(c3ccccc3)(c3ccccc3)CC2(C)C)cc1. The molecule has 1 fully saturated rings. The molecule has 0 atom stereocenters. The smallest absolute Gasteiger partial charge is 0.207 e. The zero-order chi connectivity index (χ0) is 20.7. The molecule has 0 N–H and O–H groups in total. The maximum Gasteiger partial charge on any atom is 0.243 e. The molecule has 150 valence electrons. The molecule has 4 rings (SSSR count). The van der Waals surface area contributed by atoms with Crippen molar-refractivity contribution in [2.45, 2.75) is 43.0 Å². The first kappa shape index (κ1) is 19.9. The number of benzene rings is 3. The third-order valence-electron chi connectivity index (χ3n) is 6.08. The van der Waals surface area contributed by atoms with Crippen LogP contribution < -0.4 is 0 Å². The standard InChI is InChI=1S/C25H27NO2S/c1-20-14-16-23(17-15-20)29(27,28)26-19-25(18-24(26,2)3,21-10-6-4-7-11-21)22-12-8-5-9-13-22/h4-17H,18-19H2,1-3H3. The van der Waals surface area contributed by atoms with Crippen LogP contribution >= 0.6 is 0 Å². The summed E-state index contributed by atoms with van der Waals surface area (Å²) in [5, 5.41) is 0. The fourth-order valence-corrected chi connectivity index (χ4v) is 6.50. The van der Waals surface area contributed by atoms with Crippen molar-refractivity contribution in [1.82, 2.24) is 4.31 Å². The van der Waals surface area contributed by atoms with E-state index in [0.717, 1.165) is 23.1 Å². The number of hydrogen-bond acceptors (Lipinski definition) is 2. The number of hydrogen-bond donors (Lipinski definition) is 0. The third-order valence-corrected chi connectivity index (χ3v) is 8.16. The van der Waals surface area contributed by atoms with E-state index in [1.165, 1.54) is 0 Å². The number of nitrogens with zero attached hydrogens (tertiary/aromatic N) is 1. The number of rotatable bonds is 4. The van der Waals surface area contributed by atoms with Crippen LogP contribution in [-0.4, -0.2) is 24.8 Å². The highest BCUT2D eigenvalue weighted by Crippen LogP contribution is 2.49. The van der Waals surface area contributed by atoms with Gasteiger partial charge in [-0.25, -0.2) is 8.42 Å². The molecule has 1 saturated heterocycles. The van der Waals surface area contributed by atoms with Crippen LogP contribution in [0.25, 0.3) is 0 Å². The number of aryl methyl sites for hydroxylation is 1. The number of sulfonamides is 1. The Bertz CT molecular complexity index is 1050. The van der Waals surface area contributed by atoms with Gasteiger partial charge < -0.3 is 0 Å². The quantitative estimate of drug-likeness (QED) is 0.602. The van der Waals surface area contributed by atoms with Crippen LogP contribution in [0.2, 0.25) is 0 Å². The Balaban J connectivity index is 1.86. The molecule has 0 bridgehead atoms. The normalized spacial score (nSPS) is 18.6. The Morgan fingerprint density at radius 2 is 1.24 bits per heavy atom. The summed E-state index contributed by atoms with van der Waals surface area (Å²) in [5.41, 5.74) is 2.45. The molecule has 0 radical (unpaired) electrons. The fraction of sp³-hybridized carbons (Fsp3) is 0.280. The van der Waals surface area contributed by atoms with Gasteiger partial charge in [-0.15, -0.1) is 0 Å². The summed E-state index contributed by atoms with van der Waals surface area (Å²) in [6.07, 6.45) is 0.721. The van der Waals surface area contributed by atoms with Gasteiger partial charge in [-0.05, 0) is 50.5 Å². The first-order valence-corrected chi connectivity index (χ1v) is 11.4. The minimum Gasteiger partial charge on any atom is -0.207 e. The van der Waals surface area contributed by atoms with E-state index in [1.54, 1.807) is 16.4 Å². The maximum atomic E-state index is 13.6. The Morgan fingerprint density at radius 1 is 0.759 bits per heavy atom. The first-order chi connectivity index (χ1) is 13.8. The molecule has 1 aliphatic rings. The van der Waals surface area contributed by atoms with Crippen LogP contribution in [0, 0.1) is 6.92 Å². The minimum atomic E-state index is -3.62. The molecule has 29 heavy (non-hydrogen) atoms. The van der Waals surface area contributed by atoms with Gasteiger partial charge in [0.25, 0.3) is 0 Å². The van der Waals surface area contributed by atoms with Crippen molar-refractivity contribution in [3.63, 3.8) is 0 Å². The molecule has 1 aliphatic heterocycles. The van der Waals surface area contributed by atoms with E-state index in [9.17, 15) is 8.42 Å². The van der Waals surface area contributed by atoms with Crippen LogP contribution in [0.15, 0.2) is 89.8 Å². The van der Waals surface area contributed by atoms with Crippen molar-refractivity contribution in [3.05, 3.63) is 102 Å². The van der Waals surface area contributed by atoms with Gasteiger partial charge >= 0.3 is 0 Å². The van der Waals surface area contributed by atoms with E-state index in [4.69, 9.17) is 0 Å². The second-order valence-corrected chi connectivity index (χ2v) is 10.5. The zero-order valence-electron chi connectivity index (χ0n) is 17.2. The fourth-order valence-electron chi connectivity index (χ4n) is 4.66. The summed E-state index contributed by atoms with van der Waals surface area (Å²) in [5.74, 6) is 0. The zero-order valence-corrected chi connectivity index (χ0v) is 18.0. The van der Waals surface area contributed by atoms with E-state index in [-0.39, 0.29) is 5.41 Å². The lowest BCUT2D eigenvalue weighted by Crippen LogP contribution is -2.42.